The molecule has 0 aliphatic heterocycles. The highest BCUT2D eigenvalue weighted by Crippen LogP contribution is 2.27. The predicted molar refractivity (Wildman–Crippen MR) is 115 cm³/mol. The molecule has 30 heavy (non-hydrogen) atoms. The van der Waals surface area contributed by atoms with Crippen LogP contribution in [0.4, 0.5) is 11.6 Å². The maximum absolute atomic E-state index is 11.4. The Hall–Kier alpha value is -3.75. The van der Waals surface area contributed by atoms with Crippen molar-refractivity contribution < 1.29 is 13.2 Å². The molecule has 4 aromatic rings. The number of hydrogen-bond acceptors (Lipinski definition) is 6. The number of aromatic nitrogens is 2. The Kier molecular flexibility index (Phi) is 5.42. The molecular formula is C22H18N4O3S. The number of hydrogen-bond donors (Lipinski definition) is 2. The van der Waals surface area contributed by atoms with Gasteiger partial charge in [0.05, 0.1) is 10.6 Å². The van der Waals surface area contributed by atoms with Gasteiger partial charge in [0, 0.05) is 17.4 Å². The zero-order chi connectivity index (χ0) is 21.0. The molecule has 1 aromatic heterocycles. The van der Waals surface area contributed by atoms with Gasteiger partial charge in [-0.15, -0.1) is 0 Å². The largest absolute Gasteiger partial charge is 0.457 e. The summed E-state index contributed by atoms with van der Waals surface area (Å²) in [5.41, 5.74) is 2.23. The lowest BCUT2D eigenvalue weighted by molar-refractivity contribution is 0.483. The molecule has 0 aliphatic rings. The molecule has 0 fully saturated rings. The normalized spacial score (nSPS) is 11.1. The van der Waals surface area contributed by atoms with Gasteiger partial charge < -0.3 is 10.1 Å². The number of nitrogens with zero attached hydrogens (tertiary/aromatic N) is 2. The lowest BCUT2D eigenvalue weighted by Gasteiger charge is -2.09. The topological polar surface area (TPSA) is 107 Å². The molecule has 0 spiro atoms. The fourth-order valence-electron chi connectivity index (χ4n) is 2.78. The van der Waals surface area contributed by atoms with Crippen LogP contribution in [0.15, 0.2) is 96.0 Å². The van der Waals surface area contributed by atoms with Crippen molar-refractivity contribution in [2.24, 2.45) is 5.14 Å². The minimum atomic E-state index is -3.73. The predicted octanol–water partition coefficient (Wildman–Crippen LogP) is 4.33. The number of nitrogens with two attached hydrogens (primary N) is 1. The van der Waals surface area contributed by atoms with E-state index < -0.39 is 10.0 Å². The van der Waals surface area contributed by atoms with Gasteiger partial charge in [-0.1, -0.05) is 30.3 Å². The van der Waals surface area contributed by atoms with Gasteiger partial charge in [-0.2, -0.15) is 0 Å². The molecular weight excluding hydrogens is 400 g/mol. The first-order valence-electron chi connectivity index (χ1n) is 9.04. The van der Waals surface area contributed by atoms with E-state index in [-0.39, 0.29) is 4.90 Å². The first-order valence-corrected chi connectivity index (χ1v) is 10.6. The quantitative estimate of drug-likeness (QED) is 0.483. The molecule has 0 saturated carbocycles. The van der Waals surface area contributed by atoms with E-state index in [1.165, 1.54) is 12.1 Å². The second-order valence-electron chi connectivity index (χ2n) is 6.40. The van der Waals surface area contributed by atoms with Gasteiger partial charge in [0.15, 0.2) is 0 Å². The van der Waals surface area contributed by atoms with Crippen LogP contribution in [0.1, 0.15) is 0 Å². The molecule has 150 valence electrons. The van der Waals surface area contributed by atoms with Crippen molar-refractivity contribution >= 4 is 21.7 Å². The molecule has 0 radical (unpaired) electrons. The number of benzene rings is 3. The van der Waals surface area contributed by atoms with Gasteiger partial charge in [-0.25, -0.2) is 23.5 Å². The van der Waals surface area contributed by atoms with Crippen molar-refractivity contribution in [1.82, 2.24) is 9.97 Å². The minimum absolute atomic E-state index is 0.0398. The Morgan fingerprint density at radius 2 is 1.57 bits per heavy atom. The Balaban J connectivity index is 1.54. The Bertz CT molecular complexity index is 1260. The molecule has 0 saturated heterocycles. The SMILES string of the molecule is NS(=O)(=O)c1ccc(Nc2nccc(-c3cccc(Oc4ccccc4)c3)n2)cc1. The maximum Gasteiger partial charge on any atom is 0.238 e. The number of anilines is 2. The lowest BCUT2D eigenvalue weighted by Crippen LogP contribution is -2.11. The summed E-state index contributed by atoms with van der Waals surface area (Å²) in [6.45, 7) is 0. The smallest absolute Gasteiger partial charge is 0.238 e. The standard InChI is InChI=1S/C22H18N4O3S/c23-30(27,28)20-11-9-17(10-12-20)25-22-24-14-13-21(26-22)16-5-4-8-19(15-16)29-18-6-2-1-3-7-18/h1-15H,(H2,23,27,28)(H,24,25,26). The first-order chi connectivity index (χ1) is 14.5. The van der Waals surface area contributed by atoms with Crippen LogP contribution in [-0.4, -0.2) is 18.4 Å². The molecule has 3 N–H and O–H groups in total. The monoisotopic (exact) mass is 418 g/mol. The molecule has 8 heteroatoms. The highest BCUT2D eigenvalue weighted by Gasteiger charge is 2.08. The number of ether oxygens (including phenoxy) is 1. The van der Waals surface area contributed by atoms with E-state index in [9.17, 15) is 8.42 Å². The molecule has 0 aliphatic carbocycles. The third kappa shape index (κ3) is 4.80. The van der Waals surface area contributed by atoms with E-state index >= 15 is 0 Å². The van der Waals surface area contributed by atoms with Crippen LogP contribution in [0.2, 0.25) is 0 Å². The van der Waals surface area contributed by atoms with E-state index in [0.717, 1.165) is 11.3 Å². The van der Waals surface area contributed by atoms with Crippen LogP contribution in [0, 0.1) is 0 Å². The van der Waals surface area contributed by atoms with Crippen LogP contribution in [0.5, 0.6) is 11.5 Å². The summed E-state index contributed by atoms with van der Waals surface area (Å²) in [6.07, 6.45) is 1.65. The molecule has 0 atom stereocenters. The maximum atomic E-state index is 11.4. The van der Waals surface area contributed by atoms with Crippen LogP contribution in [0.25, 0.3) is 11.3 Å². The van der Waals surface area contributed by atoms with Crippen LogP contribution in [0.3, 0.4) is 0 Å². The molecule has 7 nitrogen and oxygen atoms in total. The molecule has 3 aromatic carbocycles. The van der Waals surface area contributed by atoms with Crippen molar-refractivity contribution in [3.05, 3.63) is 91.1 Å². The Morgan fingerprint density at radius 1 is 0.833 bits per heavy atom. The number of sulfonamides is 1. The highest BCUT2D eigenvalue weighted by atomic mass is 32.2. The minimum Gasteiger partial charge on any atom is -0.457 e. The number of rotatable bonds is 6. The molecule has 0 amide bonds. The van der Waals surface area contributed by atoms with Gasteiger partial charge >= 0.3 is 0 Å². The summed E-state index contributed by atoms with van der Waals surface area (Å²) in [5, 5.41) is 8.18. The zero-order valence-electron chi connectivity index (χ0n) is 15.8. The third-order valence-electron chi connectivity index (χ3n) is 4.20. The first kappa shape index (κ1) is 19.6. The molecule has 0 unspecified atom stereocenters. The number of para-hydroxylation sites is 1. The lowest BCUT2D eigenvalue weighted by atomic mass is 10.1. The fraction of sp³-hybridized carbons (Fsp3) is 0. The van der Waals surface area contributed by atoms with Gasteiger partial charge in [-0.05, 0) is 54.6 Å². The van der Waals surface area contributed by atoms with Crippen molar-refractivity contribution in [1.29, 1.82) is 0 Å². The summed E-state index contributed by atoms with van der Waals surface area (Å²) in [6, 6.07) is 25.0. The number of primary sulfonamides is 1. The van der Waals surface area contributed by atoms with Crippen LogP contribution >= 0.6 is 0 Å². The summed E-state index contributed by atoms with van der Waals surface area (Å²) in [7, 11) is -3.73. The highest BCUT2D eigenvalue weighted by molar-refractivity contribution is 7.89. The summed E-state index contributed by atoms with van der Waals surface area (Å²) in [4.78, 5) is 8.80. The van der Waals surface area contributed by atoms with Gasteiger partial charge in [0.1, 0.15) is 11.5 Å². The van der Waals surface area contributed by atoms with Gasteiger partial charge in [-0.3, -0.25) is 0 Å². The summed E-state index contributed by atoms with van der Waals surface area (Å²) >= 11 is 0. The Labute approximate surface area is 174 Å². The van der Waals surface area contributed by atoms with E-state index in [2.05, 4.69) is 15.3 Å². The average Bonchev–Trinajstić information content (AvgIpc) is 2.75. The number of nitrogens with one attached hydrogen (secondary N) is 1. The molecule has 4 rings (SSSR count). The second-order valence-corrected chi connectivity index (χ2v) is 7.96. The average molecular weight is 418 g/mol. The van der Waals surface area contributed by atoms with Crippen molar-refractivity contribution in [3.63, 3.8) is 0 Å². The van der Waals surface area contributed by atoms with E-state index in [0.29, 0.717) is 23.1 Å². The third-order valence-corrected chi connectivity index (χ3v) is 5.13. The van der Waals surface area contributed by atoms with Crippen molar-refractivity contribution in [2.75, 3.05) is 5.32 Å². The van der Waals surface area contributed by atoms with Gasteiger partial charge in [0.2, 0.25) is 16.0 Å². The van der Waals surface area contributed by atoms with Gasteiger partial charge in [0.25, 0.3) is 0 Å². The van der Waals surface area contributed by atoms with E-state index in [1.807, 2.05) is 54.6 Å². The Morgan fingerprint density at radius 3 is 2.30 bits per heavy atom. The van der Waals surface area contributed by atoms with Crippen molar-refractivity contribution in [2.45, 2.75) is 4.90 Å². The zero-order valence-corrected chi connectivity index (χ0v) is 16.6. The molecule has 1 heterocycles. The van der Waals surface area contributed by atoms with E-state index in [1.54, 1.807) is 24.4 Å². The summed E-state index contributed by atoms with van der Waals surface area (Å²) in [5.74, 6) is 1.83. The molecule has 0 bridgehead atoms. The van der Waals surface area contributed by atoms with Crippen LogP contribution < -0.4 is 15.2 Å². The fourth-order valence-corrected chi connectivity index (χ4v) is 3.30. The second kappa shape index (κ2) is 8.32. The van der Waals surface area contributed by atoms with Crippen molar-refractivity contribution in [3.8, 4) is 22.8 Å². The summed E-state index contributed by atoms with van der Waals surface area (Å²) < 4.78 is 28.6. The van der Waals surface area contributed by atoms with Crippen LogP contribution in [-0.2, 0) is 10.0 Å². The van der Waals surface area contributed by atoms with E-state index in [4.69, 9.17) is 9.88 Å².